The Labute approximate surface area is 164 Å². The number of nitrogens with zero attached hydrogens (tertiary/aromatic N) is 1. The molecule has 0 aliphatic rings. The lowest BCUT2D eigenvalue weighted by atomic mass is 9.96. The molecule has 1 unspecified atom stereocenters. The van der Waals surface area contributed by atoms with Crippen molar-refractivity contribution in [1.29, 1.82) is 0 Å². The summed E-state index contributed by atoms with van der Waals surface area (Å²) in [6, 6.07) is 3.35. The van der Waals surface area contributed by atoms with Crippen molar-refractivity contribution in [2.75, 3.05) is 5.75 Å². The smallest absolute Gasteiger partial charge is 0.338 e. The van der Waals surface area contributed by atoms with E-state index in [1.807, 2.05) is 0 Å². The zero-order chi connectivity index (χ0) is 19.0. The van der Waals surface area contributed by atoms with Crippen LogP contribution in [0.4, 0.5) is 0 Å². The van der Waals surface area contributed by atoms with Crippen molar-refractivity contribution in [2.24, 2.45) is 5.92 Å². The molecule has 148 valence electrons. The third-order valence-corrected chi connectivity index (χ3v) is 6.13. The van der Waals surface area contributed by atoms with Crippen LogP contribution in [0, 0.1) is 5.92 Å². The average molecular weight is 380 g/mol. The molecule has 0 radical (unpaired) electrons. The first-order chi connectivity index (χ1) is 12.7. The van der Waals surface area contributed by atoms with E-state index in [1.165, 1.54) is 77.0 Å². The van der Waals surface area contributed by atoms with E-state index in [0.717, 1.165) is 5.75 Å². The predicted molar refractivity (Wildman–Crippen MR) is 112 cm³/mol. The van der Waals surface area contributed by atoms with Gasteiger partial charge in [0.05, 0.1) is 5.56 Å². The van der Waals surface area contributed by atoms with Crippen molar-refractivity contribution in [3.05, 3.63) is 23.9 Å². The van der Waals surface area contributed by atoms with Gasteiger partial charge in [0.15, 0.2) is 0 Å². The minimum absolute atomic E-state index is 0.335. The maximum absolute atomic E-state index is 11.4. The predicted octanol–water partition coefficient (Wildman–Crippen LogP) is 7.21. The highest BCUT2D eigenvalue weighted by Gasteiger charge is 2.14. The van der Waals surface area contributed by atoms with Crippen LogP contribution in [0.25, 0.3) is 0 Å². The number of thioether (sulfide) groups is 1. The number of rotatable bonds is 16. The number of carbonyl (C=O) groups is 1. The molecular weight excluding hydrogens is 342 g/mol. The Morgan fingerprint density at radius 1 is 1.00 bits per heavy atom. The molecule has 4 heteroatoms. The maximum atomic E-state index is 11.4. The lowest BCUT2D eigenvalue weighted by Gasteiger charge is -2.17. The fraction of sp³-hybridized carbons (Fsp3) is 0.727. The maximum Gasteiger partial charge on any atom is 0.338 e. The van der Waals surface area contributed by atoms with Gasteiger partial charge < -0.3 is 5.11 Å². The van der Waals surface area contributed by atoms with Crippen molar-refractivity contribution < 1.29 is 9.90 Å². The van der Waals surface area contributed by atoms with Gasteiger partial charge in [-0.25, -0.2) is 9.78 Å². The number of unbranched alkanes of at least 4 members (excludes halogenated alkanes) is 8. The topological polar surface area (TPSA) is 50.2 Å². The summed E-state index contributed by atoms with van der Waals surface area (Å²) in [6.45, 7) is 4.50. The Morgan fingerprint density at radius 3 is 2.19 bits per heavy atom. The molecule has 0 saturated carbocycles. The summed E-state index contributed by atoms with van der Waals surface area (Å²) >= 11 is 1.63. The average Bonchev–Trinajstić information content (AvgIpc) is 2.65. The highest BCUT2D eigenvalue weighted by molar-refractivity contribution is 7.99. The van der Waals surface area contributed by atoms with Crippen LogP contribution in [0.1, 0.15) is 101 Å². The van der Waals surface area contributed by atoms with E-state index in [2.05, 4.69) is 18.8 Å². The van der Waals surface area contributed by atoms with Crippen molar-refractivity contribution in [1.82, 2.24) is 4.98 Å². The zero-order valence-corrected chi connectivity index (χ0v) is 17.5. The highest BCUT2D eigenvalue weighted by Crippen LogP contribution is 2.28. The second-order valence-corrected chi connectivity index (χ2v) is 8.25. The quantitative estimate of drug-likeness (QED) is 0.243. The molecule has 0 amide bonds. The molecule has 0 saturated heterocycles. The van der Waals surface area contributed by atoms with Gasteiger partial charge in [-0.15, -0.1) is 11.8 Å². The molecule has 0 aliphatic carbocycles. The Kier molecular flexibility index (Phi) is 13.3. The molecule has 1 N–H and O–H groups in total. The third-order valence-electron chi connectivity index (χ3n) is 4.89. The van der Waals surface area contributed by atoms with Crippen LogP contribution in [0.3, 0.4) is 0 Å². The van der Waals surface area contributed by atoms with Crippen LogP contribution in [0.2, 0.25) is 0 Å². The molecule has 1 rings (SSSR count). The molecule has 0 aliphatic heterocycles. The fourth-order valence-electron chi connectivity index (χ4n) is 3.25. The van der Waals surface area contributed by atoms with Gasteiger partial charge in [0.25, 0.3) is 0 Å². The van der Waals surface area contributed by atoms with Gasteiger partial charge >= 0.3 is 5.97 Å². The number of hydrogen-bond acceptors (Lipinski definition) is 3. The Balaban J connectivity index is 2.46. The largest absolute Gasteiger partial charge is 0.478 e. The van der Waals surface area contributed by atoms with E-state index in [1.54, 1.807) is 30.1 Å². The van der Waals surface area contributed by atoms with Crippen LogP contribution < -0.4 is 0 Å². The van der Waals surface area contributed by atoms with E-state index in [0.29, 0.717) is 16.5 Å². The summed E-state index contributed by atoms with van der Waals surface area (Å²) in [6.07, 6.45) is 17.4. The molecule has 1 aromatic heterocycles. The van der Waals surface area contributed by atoms with E-state index in [-0.39, 0.29) is 0 Å². The van der Waals surface area contributed by atoms with Crippen molar-refractivity contribution in [3.63, 3.8) is 0 Å². The lowest BCUT2D eigenvalue weighted by molar-refractivity contribution is 0.0692. The van der Waals surface area contributed by atoms with Gasteiger partial charge in [0, 0.05) is 11.9 Å². The Hall–Kier alpha value is -1.03. The van der Waals surface area contributed by atoms with E-state index >= 15 is 0 Å². The molecule has 26 heavy (non-hydrogen) atoms. The number of aromatic nitrogens is 1. The van der Waals surface area contributed by atoms with Gasteiger partial charge in [-0.05, 0) is 30.9 Å². The van der Waals surface area contributed by atoms with Crippen LogP contribution >= 0.6 is 11.8 Å². The summed E-state index contributed by atoms with van der Waals surface area (Å²) < 4.78 is 0. The summed E-state index contributed by atoms with van der Waals surface area (Å²) in [5.74, 6) is 0.779. The van der Waals surface area contributed by atoms with Gasteiger partial charge in [0.2, 0.25) is 0 Å². The first kappa shape index (κ1) is 23.0. The number of carboxylic acid groups (broad SMARTS) is 1. The number of carboxylic acids is 1. The Bertz CT molecular complexity index is 493. The molecular formula is C22H37NO2S. The zero-order valence-electron chi connectivity index (χ0n) is 16.7. The van der Waals surface area contributed by atoms with Gasteiger partial charge in [-0.1, -0.05) is 78.1 Å². The minimum atomic E-state index is -0.879. The minimum Gasteiger partial charge on any atom is -0.478 e. The molecule has 1 aromatic rings. The monoisotopic (exact) mass is 379 g/mol. The van der Waals surface area contributed by atoms with Crippen LogP contribution in [0.5, 0.6) is 0 Å². The number of pyridine rings is 1. The summed E-state index contributed by atoms with van der Waals surface area (Å²) in [5.41, 5.74) is 0.335. The molecule has 1 atom stereocenters. The van der Waals surface area contributed by atoms with Crippen molar-refractivity contribution >= 4 is 17.7 Å². The Morgan fingerprint density at radius 2 is 1.58 bits per heavy atom. The first-order valence-corrected chi connectivity index (χ1v) is 11.5. The molecule has 3 nitrogen and oxygen atoms in total. The van der Waals surface area contributed by atoms with E-state index in [4.69, 9.17) is 0 Å². The van der Waals surface area contributed by atoms with Gasteiger partial charge in [-0.3, -0.25) is 0 Å². The molecule has 0 aromatic carbocycles. The molecule has 1 heterocycles. The number of hydrogen-bond donors (Lipinski definition) is 1. The van der Waals surface area contributed by atoms with Crippen LogP contribution in [-0.4, -0.2) is 21.8 Å². The molecule has 0 spiro atoms. The lowest BCUT2D eigenvalue weighted by Crippen LogP contribution is -2.07. The first-order valence-electron chi connectivity index (χ1n) is 10.5. The second-order valence-electron chi connectivity index (χ2n) is 7.24. The highest BCUT2D eigenvalue weighted by atomic mass is 32.2. The van der Waals surface area contributed by atoms with Crippen LogP contribution in [-0.2, 0) is 0 Å². The molecule has 0 fully saturated rings. The SMILES string of the molecule is CCCCCCCCC(CCCCCC)CSc1ncccc1C(=O)O. The number of aromatic carboxylic acids is 1. The van der Waals surface area contributed by atoms with Crippen molar-refractivity contribution in [3.8, 4) is 0 Å². The van der Waals surface area contributed by atoms with Gasteiger partial charge in [-0.2, -0.15) is 0 Å². The second kappa shape index (κ2) is 15.1. The van der Waals surface area contributed by atoms with Crippen LogP contribution in [0.15, 0.2) is 23.4 Å². The third kappa shape index (κ3) is 10.2. The fourth-order valence-corrected chi connectivity index (χ4v) is 4.42. The normalized spacial score (nSPS) is 12.2. The van der Waals surface area contributed by atoms with E-state index in [9.17, 15) is 9.90 Å². The standard InChI is InChI=1S/C22H37NO2S/c1-3-5-7-9-10-12-15-19(14-11-8-6-4-2)18-26-21-20(22(24)25)16-13-17-23-21/h13,16-17,19H,3-12,14-15,18H2,1-2H3,(H,24,25). The molecule has 0 bridgehead atoms. The summed E-state index contributed by atoms with van der Waals surface area (Å²) in [4.78, 5) is 15.6. The summed E-state index contributed by atoms with van der Waals surface area (Å²) in [5, 5.41) is 9.99. The van der Waals surface area contributed by atoms with Gasteiger partial charge in [0.1, 0.15) is 5.03 Å². The van der Waals surface area contributed by atoms with Crippen molar-refractivity contribution in [2.45, 2.75) is 95.9 Å². The van der Waals surface area contributed by atoms with E-state index < -0.39 is 5.97 Å². The summed E-state index contributed by atoms with van der Waals surface area (Å²) in [7, 11) is 0.